The number of esters is 1. The number of ether oxygens (including phenoxy) is 1. The van der Waals surface area contributed by atoms with Crippen molar-refractivity contribution in [3.8, 4) is 0 Å². The third-order valence-corrected chi connectivity index (χ3v) is 6.78. The van der Waals surface area contributed by atoms with Crippen molar-refractivity contribution >= 4 is 21.9 Å². The molecule has 1 amide bonds. The first-order chi connectivity index (χ1) is 14.4. The summed E-state index contributed by atoms with van der Waals surface area (Å²) in [6.45, 7) is -0.402. The van der Waals surface area contributed by atoms with Crippen LogP contribution in [0.3, 0.4) is 0 Å². The summed E-state index contributed by atoms with van der Waals surface area (Å²) in [4.78, 5) is 24.6. The lowest BCUT2D eigenvalue weighted by Crippen LogP contribution is -2.49. The van der Waals surface area contributed by atoms with Crippen molar-refractivity contribution in [2.45, 2.75) is 36.7 Å². The molecule has 0 spiro atoms. The number of amides is 1. The van der Waals surface area contributed by atoms with Crippen LogP contribution in [-0.4, -0.2) is 43.8 Å². The molecule has 0 aromatic heterocycles. The average Bonchev–Trinajstić information content (AvgIpc) is 2.77. The summed E-state index contributed by atoms with van der Waals surface area (Å²) in [5.74, 6) is -1.81. The van der Waals surface area contributed by atoms with E-state index in [-0.39, 0.29) is 18.0 Å². The van der Waals surface area contributed by atoms with E-state index in [4.69, 9.17) is 4.74 Å². The number of hydrogen-bond donors (Lipinski definition) is 1. The molecule has 30 heavy (non-hydrogen) atoms. The Balaban J connectivity index is 1.59. The van der Waals surface area contributed by atoms with E-state index in [1.54, 1.807) is 30.3 Å². The summed E-state index contributed by atoms with van der Waals surface area (Å²) >= 11 is 0. The maximum atomic E-state index is 13.6. The van der Waals surface area contributed by atoms with E-state index >= 15 is 0 Å². The molecular weight excluding hydrogens is 411 g/mol. The number of carbonyl (C=O) groups is 2. The molecule has 9 heteroatoms. The van der Waals surface area contributed by atoms with Crippen molar-refractivity contribution in [3.05, 3.63) is 66.0 Å². The van der Waals surface area contributed by atoms with Crippen molar-refractivity contribution in [1.29, 1.82) is 0 Å². The fourth-order valence-corrected chi connectivity index (χ4v) is 4.94. The van der Waals surface area contributed by atoms with Gasteiger partial charge in [-0.15, -0.1) is 0 Å². The first-order valence-electron chi connectivity index (χ1n) is 9.63. The molecule has 2 aromatic carbocycles. The summed E-state index contributed by atoms with van der Waals surface area (Å²) in [6.07, 6.45) is 1.64. The van der Waals surface area contributed by atoms with Gasteiger partial charge in [0.1, 0.15) is 11.9 Å². The molecule has 0 aliphatic carbocycles. The Morgan fingerprint density at radius 3 is 2.50 bits per heavy atom. The predicted octanol–water partition coefficient (Wildman–Crippen LogP) is 2.23. The Labute approximate surface area is 174 Å². The second-order valence-electron chi connectivity index (χ2n) is 6.92. The number of piperidine rings is 1. The number of rotatable bonds is 7. The molecule has 1 fully saturated rings. The number of hydrogen-bond acceptors (Lipinski definition) is 5. The molecule has 0 radical (unpaired) electrons. The molecule has 160 valence electrons. The van der Waals surface area contributed by atoms with Gasteiger partial charge >= 0.3 is 5.97 Å². The quantitative estimate of drug-likeness (QED) is 0.675. The number of sulfonamides is 1. The van der Waals surface area contributed by atoms with Crippen LogP contribution in [-0.2, 0) is 30.9 Å². The van der Waals surface area contributed by atoms with Gasteiger partial charge < -0.3 is 10.1 Å². The zero-order chi connectivity index (χ0) is 21.6. The molecule has 1 aliphatic rings. The molecule has 1 atom stereocenters. The largest absolute Gasteiger partial charge is 0.454 e. The minimum atomic E-state index is -3.86. The van der Waals surface area contributed by atoms with Crippen molar-refractivity contribution in [3.63, 3.8) is 0 Å². The van der Waals surface area contributed by atoms with Crippen LogP contribution in [0.2, 0.25) is 0 Å². The summed E-state index contributed by atoms with van der Waals surface area (Å²) in [6, 6.07) is 12.9. The lowest BCUT2D eigenvalue weighted by Gasteiger charge is -2.32. The molecule has 1 heterocycles. The lowest BCUT2D eigenvalue weighted by atomic mass is 10.1. The molecule has 0 saturated carbocycles. The zero-order valence-corrected chi connectivity index (χ0v) is 17.1. The summed E-state index contributed by atoms with van der Waals surface area (Å²) in [7, 11) is -3.86. The van der Waals surface area contributed by atoms with Gasteiger partial charge in [0.25, 0.3) is 5.91 Å². The van der Waals surface area contributed by atoms with Crippen LogP contribution >= 0.6 is 0 Å². The Morgan fingerprint density at radius 1 is 1.07 bits per heavy atom. The van der Waals surface area contributed by atoms with Crippen molar-refractivity contribution in [2.24, 2.45) is 0 Å². The molecular formula is C21H23FN2O5S. The van der Waals surface area contributed by atoms with Gasteiger partial charge in [0, 0.05) is 18.7 Å². The summed E-state index contributed by atoms with van der Waals surface area (Å²) in [5.41, 5.74) is 0.310. The second-order valence-corrected chi connectivity index (χ2v) is 8.81. The SMILES string of the molecule is O=C(COC(=O)C1CCCCN1S(=O)(=O)c1ccccc1)NCc1ccccc1F. The third kappa shape index (κ3) is 5.22. The van der Waals surface area contributed by atoms with E-state index in [2.05, 4.69) is 5.32 Å². The molecule has 3 rings (SSSR count). The average molecular weight is 434 g/mol. The topological polar surface area (TPSA) is 92.8 Å². The highest BCUT2D eigenvalue weighted by atomic mass is 32.2. The predicted molar refractivity (Wildman–Crippen MR) is 107 cm³/mol. The first kappa shape index (κ1) is 21.9. The molecule has 1 saturated heterocycles. The van der Waals surface area contributed by atoms with Crippen LogP contribution < -0.4 is 5.32 Å². The van der Waals surface area contributed by atoms with E-state index in [0.717, 1.165) is 4.31 Å². The highest BCUT2D eigenvalue weighted by Crippen LogP contribution is 2.26. The maximum Gasteiger partial charge on any atom is 0.324 e. The van der Waals surface area contributed by atoms with E-state index in [0.29, 0.717) is 24.8 Å². The molecule has 1 aliphatic heterocycles. The third-order valence-electron chi connectivity index (χ3n) is 4.85. The Bertz CT molecular complexity index is 997. The zero-order valence-electron chi connectivity index (χ0n) is 16.3. The first-order valence-corrected chi connectivity index (χ1v) is 11.1. The standard InChI is InChI=1S/C21H23FN2O5S/c22-18-11-5-4-8-16(18)14-23-20(25)15-29-21(26)19-12-6-7-13-24(19)30(27,28)17-9-2-1-3-10-17/h1-5,8-11,19H,6-7,12-15H2,(H,23,25). The van der Waals surface area contributed by atoms with Gasteiger partial charge in [-0.3, -0.25) is 9.59 Å². The van der Waals surface area contributed by atoms with Crippen LogP contribution in [0.5, 0.6) is 0 Å². The Morgan fingerprint density at radius 2 is 1.77 bits per heavy atom. The summed E-state index contributed by atoms with van der Waals surface area (Å²) < 4.78 is 45.7. The minimum Gasteiger partial charge on any atom is -0.454 e. The van der Waals surface area contributed by atoms with Gasteiger partial charge in [0.2, 0.25) is 10.0 Å². The van der Waals surface area contributed by atoms with Gasteiger partial charge in [0.05, 0.1) is 4.90 Å². The maximum absolute atomic E-state index is 13.6. The number of nitrogens with one attached hydrogen (secondary N) is 1. The van der Waals surface area contributed by atoms with Gasteiger partial charge in [-0.05, 0) is 37.5 Å². The van der Waals surface area contributed by atoms with Gasteiger partial charge in [-0.2, -0.15) is 4.31 Å². The molecule has 1 N–H and O–H groups in total. The Hall–Kier alpha value is -2.78. The molecule has 2 aromatic rings. The van der Waals surface area contributed by atoms with Gasteiger partial charge in [0.15, 0.2) is 6.61 Å². The van der Waals surface area contributed by atoms with Gasteiger partial charge in [-0.1, -0.05) is 36.4 Å². The monoisotopic (exact) mass is 434 g/mol. The summed E-state index contributed by atoms with van der Waals surface area (Å²) in [5, 5.41) is 2.48. The molecule has 0 bridgehead atoms. The molecule has 7 nitrogen and oxygen atoms in total. The highest BCUT2D eigenvalue weighted by molar-refractivity contribution is 7.89. The van der Waals surface area contributed by atoms with E-state index < -0.39 is 40.4 Å². The number of benzene rings is 2. The van der Waals surface area contributed by atoms with Crippen LogP contribution in [0.4, 0.5) is 4.39 Å². The number of halogens is 1. The lowest BCUT2D eigenvalue weighted by molar-refractivity contribution is -0.153. The van der Waals surface area contributed by atoms with Crippen molar-refractivity contribution in [2.75, 3.05) is 13.2 Å². The number of nitrogens with zero attached hydrogens (tertiary/aromatic N) is 1. The highest BCUT2D eigenvalue weighted by Gasteiger charge is 2.38. The smallest absolute Gasteiger partial charge is 0.324 e. The van der Waals surface area contributed by atoms with E-state index in [1.807, 2.05) is 0 Å². The van der Waals surface area contributed by atoms with Crippen LogP contribution in [0.15, 0.2) is 59.5 Å². The van der Waals surface area contributed by atoms with Crippen molar-refractivity contribution in [1.82, 2.24) is 9.62 Å². The van der Waals surface area contributed by atoms with Crippen LogP contribution in [0.1, 0.15) is 24.8 Å². The minimum absolute atomic E-state index is 0.0407. The fraction of sp³-hybridized carbons (Fsp3) is 0.333. The van der Waals surface area contributed by atoms with Gasteiger partial charge in [-0.25, -0.2) is 12.8 Å². The van der Waals surface area contributed by atoms with Crippen LogP contribution in [0.25, 0.3) is 0 Å². The molecule has 1 unspecified atom stereocenters. The fourth-order valence-electron chi connectivity index (χ4n) is 3.28. The van der Waals surface area contributed by atoms with E-state index in [1.165, 1.54) is 24.3 Å². The Kier molecular flexibility index (Phi) is 7.17. The normalized spacial score (nSPS) is 17.3. The number of carbonyl (C=O) groups excluding carboxylic acids is 2. The second kappa shape index (κ2) is 9.82. The van der Waals surface area contributed by atoms with Crippen molar-refractivity contribution < 1.29 is 27.1 Å². The van der Waals surface area contributed by atoms with Crippen LogP contribution in [0, 0.1) is 5.82 Å². The van der Waals surface area contributed by atoms with E-state index in [9.17, 15) is 22.4 Å².